The first kappa shape index (κ1) is 9.40. The van der Waals surface area contributed by atoms with Crippen LogP contribution in [0.15, 0.2) is 0 Å². The van der Waals surface area contributed by atoms with E-state index in [0.29, 0.717) is 0 Å². The van der Waals surface area contributed by atoms with Crippen molar-refractivity contribution in [3.63, 3.8) is 0 Å². The Morgan fingerprint density at radius 1 is 1.25 bits per heavy atom. The van der Waals surface area contributed by atoms with Gasteiger partial charge in [0.25, 0.3) is 0 Å². The van der Waals surface area contributed by atoms with Crippen molar-refractivity contribution in [2.24, 2.45) is 0 Å². The van der Waals surface area contributed by atoms with E-state index in [0.717, 1.165) is 0 Å². The monoisotopic (exact) mass is 310 g/mol. The van der Waals surface area contributed by atoms with Crippen molar-refractivity contribution >= 4 is 57.4 Å². The molecule has 0 N–H and O–H groups in total. The van der Waals surface area contributed by atoms with Crippen molar-refractivity contribution in [1.82, 2.24) is 0 Å². The van der Waals surface area contributed by atoms with Crippen molar-refractivity contribution < 1.29 is 0 Å². The van der Waals surface area contributed by atoms with E-state index in [4.69, 9.17) is 0 Å². The molecule has 0 amide bonds. The van der Waals surface area contributed by atoms with Gasteiger partial charge in [0.15, 0.2) is 0 Å². The van der Waals surface area contributed by atoms with Gasteiger partial charge in [0.2, 0.25) is 0 Å². The molecule has 0 aliphatic rings. The fourth-order valence-corrected chi connectivity index (χ4v) is 0. The Morgan fingerprint density at radius 3 is 1.25 bits per heavy atom. The first-order valence-corrected chi connectivity index (χ1v) is 11.8. The van der Waals surface area contributed by atoms with E-state index in [-0.39, 0.29) is 29.3 Å². The summed E-state index contributed by atoms with van der Waals surface area (Å²) in [5.41, 5.74) is 0. The van der Waals surface area contributed by atoms with E-state index in [9.17, 15) is 0 Å². The Morgan fingerprint density at radius 2 is 1.25 bits per heavy atom. The van der Waals surface area contributed by atoms with Gasteiger partial charge in [-0.3, -0.25) is 0 Å². The van der Waals surface area contributed by atoms with E-state index >= 15 is 0 Å². The third-order valence-electron chi connectivity index (χ3n) is 0. The maximum atomic E-state index is 3.22. The van der Waals surface area contributed by atoms with Crippen LogP contribution in [0.2, 0.25) is 0 Å². The average Bonchev–Trinajstić information content (AvgIpc) is 0.918. The molecule has 0 spiro atoms. The summed E-state index contributed by atoms with van der Waals surface area (Å²) in [6, 6.07) is 0. The summed E-state index contributed by atoms with van der Waals surface area (Å²) < 4.78 is 0. The van der Waals surface area contributed by atoms with E-state index in [1.807, 2.05) is 0 Å². The Labute approximate surface area is 56.8 Å². The first-order valence-electron chi connectivity index (χ1n) is 0.436. The van der Waals surface area contributed by atoms with Crippen molar-refractivity contribution in [2.45, 2.75) is 0 Å². The van der Waals surface area contributed by atoms with Crippen LogP contribution in [0.4, 0.5) is 0 Å². The zero-order valence-electron chi connectivity index (χ0n) is 2.33. The maximum absolute atomic E-state index is 3.22. The zero-order chi connectivity index (χ0) is 2.71. The number of halogens is 2. The van der Waals surface area contributed by atoms with E-state index < -0.39 is 0 Å². The third kappa shape index (κ3) is 8.97. The number of rotatable bonds is 0. The molecule has 0 rings (SSSR count). The molecule has 0 fully saturated rings. The minimum atomic E-state index is -0.0625. The summed E-state index contributed by atoms with van der Waals surface area (Å²) in [5.74, 6) is 0. The fourth-order valence-electron chi connectivity index (χ4n) is 0. The van der Waals surface area contributed by atoms with Gasteiger partial charge in [-0.25, -0.2) is 0 Å². The zero-order valence-corrected chi connectivity index (χ0v) is 12.1. The molecule has 0 aromatic carbocycles. The molecule has 0 nitrogen and oxygen atoms in total. The Balaban J connectivity index is 0. The van der Waals surface area contributed by atoms with Crippen molar-refractivity contribution in [2.75, 3.05) is 0 Å². The van der Waals surface area contributed by atoms with Gasteiger partial charge in [-0.15, -0.1) is 0 Å². The fraction of sp³-hybridized carbons (Fsp3) is 0. The van der Waals surface area contributed by atoms with Crippen molar-refractivity contribution in [3.05, 3.63) is 0 Å². The van der Waals surface area contributed by atoms with Crippen LogP contribution in [0.3, 0.4) is 0 Å². The summed E-state index contributed by atoms with van der Waals surface area (Å²) in [6.45, 7) is 0. The van der Waals surface area contributed by atoms with Crippen LogP contribution in [0.1, 0.15) is 0 Å². The van der Waals surface area contributed by atoms with Crippen LogP contribution in [-0.4, -0.2) is 29.3 Å². The standard InChI is InChI=1S/Br2GeH.GeH3/c1-3-2;/h3H;1H3. The van der Waals surface area contributed by atoms with Gasteiger partial charge in [-0.2, -0.15) is 0 Å². The van der Waals surface area contributed by atoms with Gasteiger partial charge in [0.05, 0.1) is 0 Å². The molecule has 4 heteroatoms. The quantitative estimate of drug-likeness (QED) is 0.547. The van der Waals surface area contributed by atoms with Gasteiger partial charge in [0.1, 0.15) is 0 Å². The van der Waals surface area contributed by atoms with Gasteiger partial charge < -0.3 is 0 Å². The summed E-state index contributed by atoms with van der Waals surface area (Å²) in [4.78, 5) is 0. The molecule has 0 saturated heterocycles. The molecule has 0 saturated carbocycles. The molecular weight excluding hydrogens is 305 g/mol. The Bertz CT molecular complexity index is 4.00. The number of hydrogen-bond donors (Lipinski definition) is 0. The molecular formula is H4Br2Ge2. The molecule has 0 unspecified atom stereocenters. The van der Waals surface area contributed by atoms with E-state index in [1.54, 1.807) is 0 Å². The summed E-state index contributed by atoms with van der Waals surface area (Å²) in [6.07, 6.45) is 0. The normalized spacial score (nSPS) is 4.50. The van der Waals surface area contributed by atoms with E-state index in [2.05, 4.69) is 28.0 Å². The molecule has 0 aromatic rings. The summed E-state index contributed by atoms with van der Waals surface area (Å²) in [7, 11) is 0. The van der Waals surface area contributed by atoms with Crippen LogP contribution in [0, 0.1) is 0 Å². The molecule has 0 heterocycles. The molecule has 0 aliphatic heterocycles. The van der Waals surface area contributed by atoms with Crippen molar-refractivity contribution in [3.8, 4) is 0 Å². The minimum absolute atomic E-state index is 0. The van der Waals surface area contributed by atoms with Gasteiger partial charge in [0, 0.05) is 0 Å². The predicted octanol–water partition coefficient (Wildman–Crippen LogP) is -0.141. The summed E-state index contributed by atoms with van der Waals surface area (Å²) >= 11 is 6.38. The first-order chi connectivity index (χ1) is 1.41. The van der Waals surface area contributed by atoms with Crippen LogP contribution >= 0.6 is 28.0 Å². The van der Waals surface area contributed by atoms with Crippen LogP contribution < -0.4 is 0 Å². The van der Waals surface area contributed by atoms with E-state index in [1.165, 1.54) is 0 Å². The third-order valence-corrected chi connectivity index (χ3v) is 0. The van der Waals surface area contributed by atoms with Gasteiger partial charge in [-0.1, -0.05) is 0 Å². The van der Waals surface area contributed by atoms with Gasteiger partial charge in [-0.05, 0) is 0 Å². The number of hydrogen-bond acceptors (Lipinski definition) is 0. The molecule has 26 valence electrons. The van der Waals surface area contributed by atoms with Crippen LogP contribution in [-0.2, 0) is 0 Å². The van der Waals surface area contributed by atoms with Crippen LogP contribution in [0.5, 0.6) is 0 Å². The topological polar surface area (TPSA) is 0 Å². The second-order valence-electron chi connectivity index (χ2n) is 0.0825. The second kappa shape index (κ2) is 8.90. The predicted molar refractivity (Wildman–Crippen MR) is 34.9 cm³/mol. The Kier molecular flexibility index (Phi) is 20.9. The molecule has 0 atom stereocenters. The molecule has 4 heavy (non-hydrogen) atoms. The molecule has 0 aromatic heterocycles. The molecule has 2 radical (unpaired) electrons. The average molecular weight is 309 g/mol. The molecule has 0 bridgehead atoms. The van der Waals surface area contributed by atoms with Crippen molar-refractivity contribution in [1.29, 1.82) is 0 Å². The SMILES string of the molecule is [Br][GeH][Br].[GeH3]. The second-order valence-corrected chi connectivity index (χ2v) is 11.6. The summed E-state index contributed by atoms with van der Waals surface area (Å²) in [5, 5.41) is 0. The van der Waals surface area contributed by atoms with Gasteiger partial charge >= 0.3 is 57.4 Å². The van der Waals surface area contributed by atoms with Crippen LogP contribution in [0.25, 0.3) is 0 Å². The Hall–Kier alpha value is 2.05. The molecule has 0 aliphatic carbocycles.